The van der Waals surface area contributed by atoms with Crippen LogP contribution in [0.15, 0.2) is 48.5 Å². The van der Waals surface area contributed by atoms with Gasteiger partial charge in [-0.25, -0.2) is 4.98 Å². The van der Waals surface area contributed by atoms with Crippen molar-refractivity contribution in [2.24, 2.45) is 0 Å². The highest BCUT2D eigenvalue weighted by Gasteiger charge is 2.14. The largest absolute Gasteiger partial charge is 0.322 e. The van der Waals surface area contributed by atoms with Crippen LogP contribution in [0.4, 0.5) is 5.69 Å². The molecule has 5 nitrogen and oxygen atoms in total. The molecule has 1 atom stereocenters. The number of halogens is 1. The number of hydrogen-bond acceptors (Lipinski definition) is 5. The third-order valence-electron chi connectivity index (χ3n) is 4.57. The van der Waals surface area contributed by atoms with E-state index in [0.29, 0.717) is 22.8 Å². The Labute approximate surface area is 179 Å². The molecule has 0 saturated carbocycles. The zero-order valence-corrected chi connectivity index (χ0v) is 18.1. The van der Waals surface area contributed by atoms with Gasteiger partial charge < -0.3 is 15.6 Å². The van der Waals surface area contributed by atoms with Crippen LogP contribution in [0.2, 0.25) is 5.02 Å². The van der Waals surface area contributed by atoms with Crippen LogP contribution in [0.5, 0.6) is 0 Å². The summed E-state index contributed by atoms with van der Waals surface area (Å²) >= 11 is 7.43. The van der Waals surface area contributed by atoms with E-state index >= 15 is 0 Å². The molecule has 7 heteroatoms. The second kappa shape index (κ2) is 9.31. The molecule has 2 N–H and O–H groups in total. The van der Waals surface area contributed by atoms with Crippen LogP contribution >= 0.6 is 22.9 Å². The fourth-order valence-electron chi connectivity index (χ4n) is 2.66. The minimum Gasteiger partial charge on any atom is -0.322 e. The van der Waals surface area contributed by atoms with Crippen molar-refractivity contribution >= 4 is 56.5 Å². The van der Waals surface area contributed by atoms with Gasteiger partial charge >= 0.3 is 0 Å². The molecule has 0 bridgehead atoms. The van der Waals surface area contributed by atoms with Crippen LogP contribution in [0.25, 0.3) is 16.3 Å². The molecular formula is C22H23ClN4OS. The molecule has 1 heterocycles. The quantitative estimate of drug-likeness (QED) is 0.397. The monoisotopic (exact) mass is 426 g/mol. The second-order valence-corrected chi connectivity index (χ2v) is 8.54. The number of carbonyl (C=O) groups excluding carboxylic acids is 1. The molecule has 1 aromatic heterocycles. The van der Waals surface area contributed by atoms with Crippen molar-refractivity contribution in [2.45, 2.75) is 19.4 Å². The highest BCUT2D eigenvalue weighted by atomic mass is 35.5. The van der Waals surface area contributed by atoms with Gasteiger partial charge in [-0.05, 0) is 63.0 Å². The van der Waals surface area contributed by atoms with Crippen LogP contribution in [0.3, 0.4) is 0 Å². The molecule has 0 aliphatic rings. The molecule has 150 valence electrons. The molecule has 1 unspecified atom stereocenters. The van der Waals surface area contributed by atoms with E-state index in [-0.39, 0.29) is 11.9 Å². The minimum absolute atomic E-state index is 0.221. The molecule has 3 aromatic rings. The molecule has 0 aliphatic heterocycles. The number of aromatic nitrogens is 1. The fourth-order valence-corrected chi connectivity index (χ4v) is 3.82. The SMILES string of the molecule is CC(CC(=N)c1nc2ccc(NC(=O)C=Cc3cccc(Cl)c3)cc2s1)N(C)C. The molecule has 0 saturated heterocycles. The Kier molecular flexibility index (Phi) is 6.79. The van der Waals surface area contributed by atoms with E-state index in [9.17, 15) is 4.79 Å². The lowest BCUT2D eigenvalue weighted by Crippen LogP contribution is -2.27. The van der Waals surface area contributed by atoms with Crippen molar-refractivity contribution in [1.82, 2.24) is 9.88 Å². The number of benzene rings is 2. The predicted octanol–water partition coefficient (Wildman–Crippen LogP) is 5.31. The van der Waals surface area contributed by atoms with E-state index in [2.05, 4.69) is 22.1 Å². The minimum atomic E-state index is -0.221. The van der Waals surface area contributed by atoms with E-state index in [1.807, 2.05) is 44.4 Å². The van der Waals surface area contributed by atoms with Crippen molar-refractivity contribution in [1.29, 1.82) is 5.41 Å². The first-order chi connectivity index (χ1) is 13.8. The Morgan fingerprint density at radius 1 is 1.31 bits per heavy atom. The Bertz CT molecular complexity index is 1070. The van der Waals surface area contributed by atoms with Crippen LogP contribution in [-0.2, 0) is 4.79 Å². The average Bonchev–Trinajstić information content (AvgIpc) is 3.10. The lowest BCUT2D eigenvalue weighted by Gasteiger charge is -2.19. The number of thiazole rings is 1. The molecule has 3 rings (SSSR count). The van der Waals surface area contributed by atoms with Gasteiger partial charge in [0.05, 0.1) is 15.9 Å². The van der Waals surface area contributed by atoms with Crippen molar-refractivity contribution in [3.05, 3.63) is 64.1 Å². The van der Waals surface area contributed by atoms with E-state index in [1.54, 1.807) is 18.2 Å². The predicted molar refractivity (Wildman–Crippen MR) is 123 cm³/mol. The zero-order valence-electron chi connectivity index (χ0n) is 16.6. The summed E-state index contributed by atoms with van der Waals surface area (Å²) in [7, 11) is 4.01. The van der Waals surface area contributed by atoms with Crippen LogP contribution in [-0.4, -0.2) is 41.6 Å². The van der Waals surface area contributed by atoms with E-state index in [1.165, 1.54) is 17.4 Å². The zero-order chi connectivity index (χ0) is 21.0. The Morgan fingerprint density at radius 2 is 2.10 bits per heavy atom. The Hall–Kier alpha value is -2.54. The molecule has 2 aromatic carbocycles. The normalized spacial score (nSPS) is 12.6. The average molecular weight is 427 g/mol. The first-order valence-electron chi connectivity index (χ1n) is 9.21. The van der Waals surface area contributed by atoms with Gasteiger partial charge in [0.1, 0.15) is 5.01 Å². The van der Waals surface area contributed by atoms with Crippen molar-refractivity contribution in [3.63, 3.8) is 0 Å². The maximum Gasteiger partial charge on any atom is 0.248 e. The molecular weight excluding hydrogens is 404 g/mol. The molecule has 0 aliphatic carbocycles. The molecule has 29 heavy (non-hydrogen) atoms. The van der Waals surface area contributed by atoms with Gasteiger partial charge in [0.25, 0.3) is 0 Å². The number of amides is 1. The first-order valence-corrected chi connectivity index (χ1v) is 10.4. The van der Waals surface area contributed by atoms with E-state index in [4.69, 9.17) is 17.0 Å². The fraction of sp³-hybridized carbons (Fsp3) is 0.227. The summed E-state index contributed by atoms with van der Waals surface area (Å²) in [6.07, 6.45) is 3.84. The maximum atomic E-state index is 12.2. The number of hydrogen-bond donors (Lipinski definition) is 2. The summed E-state index contributed by atoms with van der Waals surface area (Å²) in [5, 5.41) is 12.6. The second-order valence-electron chi connectivity index (χ2n) is 7.07. The van der Waals surface area contributed by atoms with Crippen LogP contribution in [0, 0.1) is 5.41 Å². The van der Waals surface area contributed by atoms with Crippen molar-refractivity contribution in [2.75, 3.05) is 19.4 Å². The maximum absolute atomic E-state index is 12.2. The summed E-state index contributed by atoms with van der Waals surface area (Å²) in [6.45, 7) is 2.09. The van der Waals surface area contributed by atoms with E-state index in [0.717, 1.165) is 20.8 Å². The van der Waals surface area contributed by atoms with Gasteiger partial charge in [-0.15, -0.1) is 11.3 Å². The van der Waals surface area contributed by atoms with Gasteiger partial charge in [0.15, 0.2) is 0 Å². The summed E-state index contributed by atoms with van der Waals surface area (Å²) < 4.78 is 0.943. The summed E-state index contributed by atoms with van der Waals surface area (Å²) in [5.74, 6) is -0.221. The lowest BCUT2D eigenvalue weighted by molar-refractivity contribution is -0.111. The third kappa shape index (κ3) is 5.73. The number of nitrogens with zero attached hydrogens (tertiary/aromatic N) is 2. The Balaban J connectivity index is 1.69. The van der Waals surface area contributed by atoms with E-state index < -0.39 is 0 Å². The van der Waals surface area contributed by atoms with Gasteiger partial charge in [0.2, 0.25) is 5.91 Å². The third-order valence-corrected chi connectivity index (χ3v) is 5.88. The Morgan fingerprint density at radius 3 is 2.83 bits per heavy atom. The number of carbonyl (C=O) groups is 1. The first kappa shape index (κ1) is 21.2. The number of nitrogens with one attached hydrogen (secondary N) is 2. The van der Waals surface area contributed by atoms with Crippen LogP contribution in [0.1, 0.15) is 23.9 Å². The topological polar surface area (TPSA) is 69.1 Å². The highest BCUT2D eigenvalue weighted by Crippen LogP contribution is 2.26. The van der Waals surface area contributed by atoms with Crippen molar-refractivity contribution < 1.29 is 4.79 Å². The standard InChI is InChI=1S/C22H23ClN4OS/c1-14(27(2)3)11-18(24)22-26-19-9-8-17(13-20(19)29-22)25-21(28)10-7-15-5-4-6-16(23)12-15/h4-10,12-14,24H,11H2,1-3H3,(H,25,28). The number of rotatable bonds is 7. The van der Waals surface area contributed by atoms with Crippen LogP contribution < -0.4 is 5.32 Å². The smallest absolute Gasteiger partial charge is 0.248 e. The molecule has 0 radical (unpaired) electrons. The highest BCUT2D eigenvalue weighted by molar-refractivity contribution is 7.20. The number of fused-ring (bicyclic) bond motifs is 1. The summed E-state index contributed by atoms with van der Waals surface area (Å²) in [4.78, 5) is 18.9. The van der Waals surface area contributed by atoms with Gasteiger partial charge in [-0.3, -0.25) is 4.79 Å². The number of anilines is 1. The lowest BCUT2D eigenvalue weighted by atomic mass is 10.1. The molecule has 0 spiro atoms. The van der Waals surface area contributed by atoms with Gasteiger partial charge in [0, 0.05) is 29.2 Å². The van der Waals surface area contributed by atoms with Gasteiger partial charge in [-0.1, -0.05) is 23.7 Å². The molecule has 1 amide bonds. The molecule has 0 fully saturated rings. The van der Waals surface area contributed by atoms with Gasteiger partial charge in [-0.2, -0.15) is 0 Å². The summed E-state index contributed by atoms with van der Waals surface area (Å²) in [6, 6.07) is 13.2. The summed E-state index contributed by atoms with van der Waals surface area (Å²) in [5.41, 5.74) is 2.92. The van der Waals surface area contributed by atoms with Crippen molar-refractivity contribution in [3.8, 4) is 0 Å².